The summed E-state index contributed by atoms with van der Waals surface area (Å²) in [6.45, 7) is 5.02. The second-order valence-corrected chi connectivity index (χ2v) is 7.23. The Morgan fingerprint density at radius 1 is 0.560 bits per heavy atom. The number of unbranched alkanes of at least 4 members (excludes halogenated alkanes) is 12. The zero-order valence-electron chi connectivity index (χ0n) is 16.9. The molecular formula is C22H45NO2. The molecule has 0 saturated carbocycles. The van der Waals surface area contributed by atoms with Gasteiger partial charge in [-0.15, -0.1) is 0 Å². The number of nitrogens with zero attached hydrogens (tertiary/aromatic N) is 1. The largest absolute Gasteiger partial charge is 0.395 e. The minimum Gasteiger partial charge on any atom is -0.395 e. The average Bonchev–Trinajstić information content (AvgIpc) is 2.61. The Labute approximate surface area is 157 Å². The summed E-state index contributed by atoms with van der Waals surface area (Å²) in [7, 11) is 0. The molecule has 0 radical (unpaired) electrons. The molecule has 0 aromatic heterocycles. The summed E-state index contributed by atoms with van der Waals surface area (Å²) in [5.41, 5.74) is 0. The molecule has 0 aliphatic carbocycles. The minimum atomic E-state index is 0.187. The summed E-state index contributed by atoms with van der Waals surface area (Å²) < 4.78 is 0. The van der Waals surface area contributed by atoms with Crippen molar-refractivity contribution in [3.8, 4) is 0 Å². The number of hydrogen-bond donors (Lipinski definition) is 2. The molecular weight excluding hydrogens is 310 g/mol. The highest BCUT2D eigenvalue weighted by Gasteiger charge is 2.02. The molecule has 0 aliphatic rings. The fourth-order valence-corrected chi connectivity index (χ4v) is 3.20. The van der Waals surface area contributed by atoms with Crippen LogP contribution in [0.4, 0.5) is 0 Å². The van der Waals surface area contributed by atoms with E-state index in [4.69, 9.17) is 10.2 Å². The van der Waals surface area contributed by atoms with Crippen LogP contribution in [0, 0.1) is 0 Å². The summed E-state index contributed by atoms with van der Waals surface area (Å²) >= 11 is 0. The van der Waals surface area contributed by atoms with Crippen LogP contribution < -0.4 is 0 Å². The summed E-state index contributed by atoms with van der Waals surface area (Å²) in [5, 5.41) is 17.9. The highest BCUT2D eigenvalue weighted by atomic mass is 16.3. The molecule has 0 aromatic rings. The molecule has 25 heavy (non-hydrogen) atoms. The molecule has 0 amide bonds. The van der Waals surface area contributed by atoms with Gasteiger partial charge in [0.05, 0.1) is 13.2 Å². The Balaban J connectivity index is 3.23. The molecule has 150 valence electrons. The molecule has 0 bridgehead atoms. The van der Waals surface area contributed by atoms with Crippen molar-refractivity contribution in [3.63, 3.8) is 0 Å². The third-order valence-corrected chi connectivity index (χ3v) is 4.82. The van der Waals surface area contributed by atoms with Crippen LogP contribution in [0.1, 0.15) is 96.8 Å². The van der Waals surface area contributed by atoms with Crippen molar-refractivity contribution in [1.82, 2.24) is 4.90 Å². The van der Waals surface area contributed by atoms with Crippen LogP contribution in [0.25, 0.3) is 0 Å². The zero-order chi connectivity index (χ0) is 18.4. The number of hydrogen-bond acceptors (Lipinski definition) is 3. The lowest BCUT2D eigenvalue weighted by Crippen LogP contribution is -2.30. The third-order valence-electron chi connectivity index (χ3n) is 4.82. The van der Waals surface area contributed by atoms with E-state index in [0.29, 0.717) is 13.1 Å². The van der Waals surface area contributed by atoms with Crippen molar-refractivity contribution in [2.24, 2.45) is 0 Å². The van der Waals surface area contributed by atoms with Gasteiger partial charge >= 0.3 is 0 Å². The van der Waals surface area contributed by atoms with Crippen LogP contribution in [-0.4, -0.2) is 48.0 Å². The lowest BCUT2D eigenvalue weighted by molar-refractivity contribution is 0.159. The van der Waals surface area contributed by atoms with E-state index in [2.05, 4.69) is 24.0 Å². The Morgan fingerprint density at radius 2 is 1.00 bits per heavy atom. The molecule has 0 fully saturated rings. The standard InChI is InChI=1S/C22H45NO2/c1-2-3-4-5-6-7-8-9-10-11-12-13-14-15-16-17-18-23(19-21-24)20-22-25/h9-10,24-25H,2-8,11-22H2,1H3/b10-9-. The maximum atomic E-state index is 8.97. The molecule has 3 nitrogen and oxygen atoms in total. The Kier molecular flexibility index (Phi) is 21.3. The van der Waals surface area contributed by atoms with E-state index in [1.165, 1.54) is 89.9 Å². The number of aliphatic hydroxyl groups excluding tert-OH is 2. The van der Waals surface area contributed by atoms with Crippen molar-refractivity contribution >= 4 is 0 Å². The fourth-order valence-electron chi connectivity index (χ4n) is 3.20. The van der Waals surface area contributed by atoms with E-state index in [9.17, 15) is 0 Å². The Morgan fingerprint density at radius 3 is 1.48 bits per heavy atom. The molecule has 0 unspecified atom stereocenters. The summed E-state index contributed by atoms with van der Waals surface area (Å²) in [4.78, 5) is 2.15. The van der Waals surface area contributed by atoms with Gasteiger partial charge in [-0.25, -0.2) is 0 Å². The van der Waals surface area contributed by atoms with Crippen molar-refractivity contribution in [2.75, 3.05) is 32.8 Å². The van der Waals surface area contributed by atoms with Gasteiger partial charge in [0.2, 0.25) is 0 Å². The van der Waals surface area contributed by atoms with Crippen molar-refractivity contribution in [2.45, 2.75) is 96.8 Å². The van der Waals surface area contributed by atoms with Gasteiger partial charge in [-0.1, -0.05) is 76.9 Å². The second kappa shape index (κ2) is 21.7. The fraction of sp³-hybridized carbons (Fsp3) is 0.909. The first-order chi connectivity index (χ1) is 12.3. The van der Waals surface area contributed by atoms with E-state index >= 15 is 0 Å². The Bertz CT molecular complexity index is 263. The smallest absolute Gasteiger partial charge is 0.0558 e. The first-order valence-electron chi connectivity index (χ1n) is 10.9. The van der Waals surface area contributed by atoms with Crippen LogP contribution in [0.5, 0.6) is 0 Å². The van der Waals surface area contributed by atoms with Crippen LogP contribution in [-0.2, 0) is 0 Å². The molecule has 0 atom stereocenters. The summed E-state index contributed by atoms with van der Waals surface area (Å²) in [5.74, 6) is 0. The van der Waals surface area contributed by atoms with E-state index in [1.54, 1.807) is 0 Å². The molecule has 2 N–H and O–H groups in total. The quantitative estimate of drug-likeness (QED) is 0.230. The first kappa shape index (κ1) is 24.6. The van der Waals surface area contributed by atoms with E-state index in [1.807, 2.05) is 0 Å². The van der Waals surface area contributed by atoms with Gasteiger partial charge < -0.3 is 10.2 Å². The van der Waals surface area contributed by atoms with Crippen LogP contribution in [0.2, 0.25) is 0 Å². The molecule has 0 rings (SSSR count). The predicted molar refractivity (Wildman–Crippen MR) is 110 cm³/mol. The Hall–Kier alpha value is -0.380. The SMILES string of the molecule is CCCCCCCC/C=C\CCCCCCCCN(CCO)CCO. The summed E-state index contributed by atoms with van der Waals surface area (Å²) in [6.07, 6.45) is 23.4. The van der Waals surface area contributed by atoms with Crippen molar-refractivity contribution in [1.29, 1.82) is 0 Å². The van der Waals surface area contributed by atoms with Crippen LogP contribution >= 0.6 is 0 Å². The average molecular weight is 356 g/mol. The maximum absolute atomic E-state index is 8.97. The molecule has 3 heteroatoms. The van der Waals surface area contributed by atoms with Crippen LogP contribution in [0.3, 0.4) is 0 Å². The normalized spacial score (nSPS) is 11.8. The van der Waals surface area contributed by atoms with Crippen molar-refractivity contribution in [3.05, 3.63) is 12.2 Å². The van der Waals surface area contributed by atoms with Crippen LogP contribution in [0.15, 0.2) is 12.2 Å². The maximum Gasteiger partial charge on any atom is 0.0558 e. The number of aliphatic hydroxyl groups is 2. The highest BCUT2D eigenvalue weighted by Crippen LogP contribution is 2.10. The van der Waals surface area contributed by atoms with E-state index in [0.717, 1.165) is 6.54 Å². The van der Waals surface area contributed by atoms with Gasteiger partial charge in [-0.3, -0.25) is 4.90 Å². The van der Waals surface area contributed by atoms with Gasteiger partial charge in [-0.05, 0) is 38.6 Å². The molecule has 0 saturated heterocycles. The van der Waals surface area contributed by atoms with Gasteiger partial charge in [0.1, 0.15) is 0 Å². The summed E-state index contributed by atoms with van der Waals surface area (Å²) in [6, 6.07) is 0. The monoisotopic (exact) mass is 355 g/mol. The second-order valence-electron chi connectivity index (χ2n) is 7.23. The van der Waals surface area contributed by atoms with Crippen molar-refractivity contribution < 1.29 is 10.2 Å². The topological polar surface area (TPSA) is 43.7 Å². The lowest BCUT2D eigenvalue weighted by Gasteiger charge is -2.19. The van der Waals surface area contributed by atoms with Gasteiger partial charge in [0.25, 0.3) is 0 Å². The number of rotatable bonds is 20. The van der Waals surface area contributed by atoms with Gasteiger partial charge in [0, 0.05) is 13.1 Å². The van der Waals surface area contributed by atoms with Gasteiger partial charge in [0.15, 0.2) is 0 Å². The molecule has 0 aliphatic heterocycles. The first-order valence-corrected chi connectivity index (χ1v) is 10.9. The van der Waals surface area contributed by atoms with E-state index in [-0.39, 0.29) is 13.2 Å². The third kappa shape index (κ3) is 19.8. The molecule has 0 spiro atoms. The minimum absolute atomic E-state index is 0.187. The lowest BCUT2D eigenvalue weighted by atomic mass is 10.1. The molecule has 0 heterocycles. The molecule has 0 aromatic carbocycles. The van der Waals surface area contributed by atoms with E-state index < -0.39 is 0 Å². The van der Waals surface area contributed by atoms with Gasteiger partial charge in [-0.2, -0.15) is 0 Å². The highest BCUT2D eigenvalue weighted by molar-refractivity contribution is 4.81. The zero-order valence-corrected chi connectivity index (χ0v) is 16.9. The number of allylic oxidation sites excluding steroid dienone is 2. The predicted octanol–water partition coefficient (Wildman–Crippen LogP) is 5.31.